The first kappa shape index (κ1) is 17.0. The van der Waals surface area contributed by atoms with E-state index >= 15 is 0 Å². The Kier molecular flexibility index (Phi) is 4.71. The summed E-state index contributed by atoms with van der Waals surface area (Å²) in [6, 6.07) is 23.0. The van der Waals surface area contributed by atoms with Crippen molar-refractivity contribution in [1.82, 2.24) is 14.9 Å². The van der Waals surface area contributed by atoms with Crippen LogP contribution in [0.5, 0.6) is 0 Å². The van der Waals surface area contributed by atoms with Crippen LogP contribution in [0.15, 0.2) is 79.4 Å². The first-order valence-electron chi connectivity index (χ1n) is 9.07. The zero-order valence-electron chi connectivity index (χ0n) is 15.1. The number of hydrogen-bond acceptors (Lipinski definition) is 2. The number of amides is 1. The molecule has 0 bridgehead atoms. The Bertz CT molecular complexity index is 1120. The zero-order chi connectivity index (χ0) is 18.6. The van der Waals surface area contributed by atoms with Crippen LogP contribution >= 0.6 is 0 Å². The molecule has 0 unspecified atom stereocenters. The first-order valence-corrected chi connectivity index (χ1v) is 9.07. The van der Waals surface area contributed by atoms with Crippen LogP contribution in [0.2, 0.25) is 0 Å². The topological polar surface area (TPSA) is 46.9 Å². The molecule has 0 spiro atoms. The van der Waals surface area contributed by atoms with Gasteiger partial charge in [-0.1, -0.05) is 61.2 Å². The van der Waals surface area contributed by atoms with Crippen LogP contribution in [0.3, 0.4) is 0 Å². The number of imidazole rings is 1. The minimum absolute atomic E-state index is 0.160. The molecule has 0 aliphatic rings. The lowest BCUT2D eigenvalue weighted by Gasteiger charge is -2.12. The number of benzene rings is 3. The van der Waals surface area contributed by atoms with Crippen molar-refractivity contribution < 1.29 is 4.79 Å². The summed E-state index contributed by atoms with van der Waals surface area (Å²) in [6.07, 6.45) is 1.96. The molecule has 0 radical (unpaired) electrons. The lowest BCUT2D eigenvalue weighted by molar-refractivity contribution is -0.116. The zero-order valence-corrected chi connectivity index (χ0v) is 15.1. The van der Waals surface area contributed by atoms with Gasteiger partial charge < -0.3 is 9.88 Å². The summed E-state index contributed by atoms with van der Waals surface area (Å²) in [5, 5.41) is 5.32. The van der Waals surface area contributed by atoms with Crippen molar-refractivity contribution in [2.24, 2.45) is 0 Å². The number of nitrogens with zero attached hydrogens (tertiary/aromatic N) is 2. The Labute approximate surface area is 158 Å². The number of nitrogens with one attached hydrogen (secondary N) is 1. The molecule has 0 atom stereocenters. The maximum atomic E-state index is 11.4. The van der Waals surface area contributed by atoms with Gasteiger partial charge in [-0.05, 0) is 34.5 Å². The monoisotopic (exact) mass is 355 g/mol. The molecule has 4 rings (SSSR count). The molecule has 1 N–H and O–H groups in total. The highest BCUT2D eigenvalue weighted by atomic mass is 16.1. The summed E-state index contributed by atoms with van der Waals surface area (Å²) in [5.74, 6) is 0.806. The molecule has 0 aliphatic carbocycles. The van der Waals surface area contributed by atoms with Gasteiger partial charge in [0.05, 0.1) is 11.0 Å². The summed E-state index contributed by atoms with van der Waals surface area (Å²) in [5.41, 5.74) is 3.34. The van der Waals surface area contributed by atoms with Crippen molar-refractivity contribution in [3.63, 3.8) is 0 Å². The number of rotatable bonds is 6. The molecule has 0 saturated carbocycles. The van der Waals surface area contributed by atoms with Crippen LogP contribution in [0.1, 0.15) is 11.4 Å². The fourth-order valence-corrected chi connectivity index (χ4v) is 3.46. The number of fused-ring (bicyclic) bond motifs is 2. The summed E-state index contributed by atoms with van der Waals surface area (Å²) in [6.45, 7) is 4.76. The molecular formula is C23H21N3O. The van der Waals surface area contributed by atoms with Crippen molar-refractivity contribution in [3.8, 4) is 0 Å². The van der Waals surface area contributed by atoms with E-state index in [2.05, 4.69) is 65.0 Å². The van der Waals surface area contributed by atoms with Crippen LogP contribution in [0.4, 0.5) is 0 Å². The third-order valence-electron chi connectivity index (χ3n) is 4.78. The largest absolute Gasteiger partial charge is 0.352 e. The van der Waals surface area contributed by atoms with Gasteiger partial charge in [-0.25, -0.2) is 4.98 Å². The molecule has 0 saturated heterocycles. The van der Waals surface area contributed by atoms with E-state index in [1.54, 1.807) is 0 Å². The van der Waals surface area contributed by atoms with Crippen LogP contribution in [0, 0.1) is 0 Å². The van der Waals surface area contributed by atoms with Gasteiger partial charge in [-0.15, -0.1) is 0 Å². The van der Waals surface area contributed by atoms with Gasteiger partial charge in [0, 0.05) is 19.5 Å². The molecular weight excluding hydrogens is 334 g/mol. The average molecular weight is 355 g/mol. The van der Waals surface area contributed by atoms with Crippen molar-refractivity contribution in [1.29, 1.82) is 0 Å². The predicted molar refractivity (Wildman–Crippen MR) is 110 cm³/mol. The predicted octanol–water partition coefficient (Wildman–Crippen LogP) is 4.08. The Morgan fingerprint density at radius 3 is 2.70 bits per heavy atom. The summed E-state index contributed by atoms with van der Waals surface area (Å²) < 4.78 is 2.25. The SMILES string of the molecule is C=CC(=O)NCCc1nc2ccccc2n1Cc1cccc2ccccc12. The van der Waals surface area contributed by atoms with Gasteiger partial charge in [0.15, 0.2) is 0 Å². The number of aromatic nitrogens is 2. The van der Waals surface area contributed by atoms with Crippen molar-refractivity contribution >= 4 is 27.7 Å². The van der Waals surface area contributed by atoms with E-state index in [0.29, 0.717) is 13.0 Å². The van der Waals surface area contributed by atoms with Crippen molar-refractivity contribution in [2.45, 2.75) is 13.0 Å². The quantitative estimate of drug-likeness (QED) is 0.530. The second-order valence-corrected chi connectivity index (χ2v) is 6.49. The fourth-order valence-electron chi connectivity index (χ4n) is 3.46. The Balaban J connectivity index is 1.72. The molecule has 4 heteroatoms. The smallest absolute Gasteiger partial charge is 0.243 e. The Morgan fingerprint density at radius 2 is 1.81 bits per heavy atom. The van der Waals surface area contributed by atoms with Gasteiger partial charge in [-0.2, -0.15) is 0 Å². The first-order chi connectivity index (χ1) is 13.3. The molecule has 4 aromatic rings. The standard InChI is InChI=1S/C23H21N3O/c1-2-23(27)24-15-14-22-25-20-12-5-6-13-21(20)26(22)16-18-10-7-9-17-8-3-4-11-19(17)18/h2-13H,1,14-16H2,(H,24,27). The second kappa shape index (κ2) is 7.46. The molecule has 134 valence electrons. The maximum Gasteiger partial charge on any atom is 0.243 e. The molecule has 27 heavy (non-hydrogen) atoms. The van der Waals surface area contributed by atoms with Gasteiger partial charge >= 0.3 is 0 Å². The van der Waals surface area contributed by atoms with E-state index in [1.807, 2.05) is 18.2 Å². The minimum Gasteiger partial charge on any atom is -0.352 e. The maximum absolute atomic E-state index is 11.4. The fraction of sp³-hybridized carbons (Fsp3) is 0.130. The lowest BCUT2D eigenvalue weighted by Crippen LogP contribution is -2.24. The molecule has 1 heterocycles. The van der Waals surface area contributed by atoms with Crippen molar-refractivity contribution in [2.75, 3.05) is 6.54 Å². The molecule has 4 nitrogen and oxygen atoms in total. The third-order valence-corrected chi connectivity index (χ3v) is 4.78. The van der Waals surface area contributed by atoms with E-state index in [4.69, 9.17) is 4.98 Å². The highest BCUT2D eigenvalue weighted by molar-refractivity contribution is 5.87. The number of carbonyl (C=O) groups is 1. The highest BCUT2D eigenvalue weighted by Gasteiger charge is 2.12. The van der Waals surface area contributed by atoms with E-state index in [-0.39, 0.29) is 5.91 Å². The molecule has 0 aliphatic heterocycles. The number of para-hydroxylation sites is 2. The minimum atomic E-state index is -0.160. The Hall–Kier alpha value is -3.40. The highest BCUT2D eigenvalue weighted by Crippen LogP contribution is 2.23. The second-order valence-electron chi connectivity index (χ2n) is 6.49. The van der Waals surface area contributed by atoms with Crippen LogP contribution in [-0.4, -0.2) is 22.0 Å². The van der Waals surface area contributed by atoms with Crippen LogP contribution < -0.4 is 5.32 Å². The Morgan fingerprint density at radius 1 is 1.04 bits per heavy atom. The van der Waals surface area contributed by atoms with Gasteiger partial charge in [0.1, 0.15) is 5.82 Å². The lowest BCUT2D eigenvalue weighted by atomic mass is 10.0. The van der Waals surface area contributed by atoms with Crippen LogP contribution in [-0.2, 0) is 17.8 Å². The summed E-state index contributed by atoms with van der Waals surface area (Å²) >= 11 is 0. The van der Waals surface area contributed by atoms with E-state index in [0.717, 1.165) is 23.4 Å². The number of hydrogen-bond donors (Lipinski definition) is 1. The molecule has 1 aromatic heterocycles. The molecule has 0 fully saturated rings. The van der Waals surface area contributed by atoms with Crippen LogP contribution in [0.25, 0.3) is 21.8 Å². The molecule has 3 aromatic carbocycles. The van der Waals surface area contributed by atoms with E-state index in [1.165, 1.54) is 22.4 Å². The van der Waals surface area contributed by atoms with E-state index in [9.17, 15) is 4.79 Å². The third kappa shape index (κ3) is 3.47. The van der Waals surface area contributed by atoms with Gasteiger partial charge in [-0.3, -0.25) is 4.79 Å². The van der Waals surface area contributed by atoms with E-state index < -0.39 is 0 Å². The molecule has 1 amide bonds. The summed E-state index contributed by atoms with van der Waals surface area (Å²) in [4.78, 5) is 16.2. The summed E-state index contributed by atoms with van der Waals surface area (Å²) in [7, 11) is 0. The van der Waals surface area contributed by atoms with Gasteiger partial charge in [0.25, 0.3) is 0 Å². The van der Waals surface area contributed by atoms with Crippen molar-refractivity contribution in [3.05, 3.63) is 90.8 Å². The van der Waals surface area contributed by atoms with Gasteiger partial charge in [0.2, 0.25) is 5.91 Å². The normalized spacial score (nSPS) is 11.0. The number of carbonyl (C=O) groups excluding carboxylic acids is 1. The average Bonchev–Trinajstić information content (AvgIpc) is 3.05.